The van der Waals surface area contributed by atoms with Crippen LogP contribution in [0.1, 0.15) is 18.1 Å². The summed E-state index contributed by atoms with van der Waals surface area (Å²) in [5.41, 5.74) is 0.457. The standard InChI is InChI=1S/C16H14ClF3N2O/c17-14-12(19)1-2-13(20)16(14)23-15(9-3-4-21-6-9)10-5-11(18)8-22-7-10/h1-2,5,7-9,15,21H,3-4,6H2/t9?,15-/m0/s1. The Morgan fingerprint density at radius 2 is 2.00 bits per heavy atom. The number of rotatable bonds is 4. The highest BCUT2D eigenvalue weighted by Crippen LogP contribution is 2.37. The zero-order chi connectivity index (χ0) is 16.4. The third-order valence-electron chi connectivity index (χ3n) is 3.83. The number of pyridine rings is 1. The molecular weight excluding hydrogens is 329 g/mol. The molecule has 2 heterocycles. The molecule has 1 fully saturated rings. The number of hydrogen-bond donors (Lipinski definition) is 1. The molecule has 1 saturated heterocycles. The summed E-state index contributed by atoms with van der Waals surface area (Å²) in [5, 5.41) is 2.74. The van der Waals surface area contributed by atoms with E-state index in [0.717, 1.165) is 31.3 Å². The number of aromatic nitrogens is 1. The molecule has 1 aliphatic rings. The fraction of sp³-hybridized carbons (Fsp3) is 0.312. The Balaban J connectivity index is 1.98. The molecule has 0 amide bonds. The van der Waals surface area contributed by atoms with Gasteiger partial charge in [0.1, 0.15) is 22.8 Å². The van der Waals surface area contributed by atoms with Crippen LogP contribution in [0.3, 0.4) is 0 Å². The lowest BCUT2D eigenvalue weighted by atomic mass is 9.96. The molecule has 0 saturated carbocycles. The minimum atomic E-state index is -0.774. The average Bonchev–Trinajstić information content (AvgIpc) is 3.05. The van der Waals surface area contributed by atoms with E-state index >= 15 is 0 Å². The molecule has 1 aromatic carbocycles. The fourth-order valence-electron chi connectivity index (χ4n) is 2.70. The number of nitrogens with zero attached hydrogens (tertiary/aromatic N) is 1. The Bertz CT molecular complexity index is 708. The first kappa shape index (κ1) is 16.1. The van der Waals surface area contributed by atoms with E-state index in [4.69, 9.17) is 16.3 Å². The number of ether oxygens (including phenoxy) is 1. The van der Waals surface area contributed by atoms with E-state index in [1.54, 1.807) is 0 Å². The number of nitrogens with one attached hydrogen (secondary N) is 1. The largest absolute Gasteiger partial charge is 0.481 e. The highest BCUT2D eigenvalue weighted by molar-refractivity contribution is 6.32. The van der Waals surface area contributed by atoms with Gasteiger partial charge in [0.15, 0.2) is 11.6 Å². The number of benzene rings is 1. The van der Waals surface area contributed by atoms with Gasteiger partial charge in [0.05, 0.1) is 6.20 Å². The van der Waals surface area contributed by atoms with Crippen LogP contribution in [0.2, 0.25) is 5.02 Å². The lowest BCUT2D eigenvalue weighted by molar-refractivity contribution is 0.137. The monoisotopic (exact) mass is 342 g/mol. The molecule has 1 unspecified atom stereocenters. The number of halogens is 4. The molecule has 0 spiro atoms. The van der Waals surface area contributed by atoms with Gasteiger partial charge in [-0.2, -0.15) is 0 Å². The second-order valence-corrected chi connectivity index (χ2v) is 5.78. The first-order valence-corrected chi connectivity index (χ1v) is 7.55. The summed E-state index contributed by atoms with van der Waals surface area (Å²) in [7, 11) is 0. The molecule has 2 aromatic rings. The topological polar surface area (TPSA) is 34.1 Å². The SMILES string of the molecule is Fc1cncc([C@@H](Oc2c(F)ccc(F)c2Cl)C2CCNC2)c1. The van der Waals surface area contributed by atoms with Gasteiger partial charge in [-0.05, 0) is 31.2 Å². The predicted octanol–water partition coefficient (Wildman–Crippen LogP) is 3.88. The van der Waals surface area contributed by atoms with Gasteiger partial charge in [-0.1, -0.05) is 11.6 Å². The van der Waals surface area contributed by atoms with Crippen molar-refractivity contribution in [3.63, 3.8) is 0 Å². The van der Waals surface area contributed by atoms with Crippen molar-refractivity contribution in [1.82, 2.24) is 10.3 Å². The summed E-state index contributed by atoms with van der Waals surface area (Å²) >= 11 is 5.82. The van der Waals surface area contributed by atoms with Crippen molar-refractivity contribution in [1.29, 1.82) is 0 Å². The van der Waals surface area contributed by atoms with Crippen molar-refractivity contribution in [3.05, 3.63) is 58.6 Å². The first-order valence-electron chi connectivity index (χ1n) is 7.17. The molecule has 0 bridgehead atoms. The molecule has 0 aliphatic carbocycles. The Morgan fingerprint density at radius 3 is 2.70 bits per heavy atom. The molecule has 3 nitrogen and oxygen atoms in total. The van der Waals surface area contributed by atoms with Crippen LogP contribution in [-0.2, 0) is 0 Å². The maximum absolute atomic E-state index is 14.0. The van der Waals surface area contributed by atoms with Crippen LogP contribution < -0.4 is 10.1 Å². The van der Waals surface area contributed by atoms with E-state index in [2.05, 4.69) is 10.3 Å². The lowest BCUT2D eigenvalue weighted by Crippen LogP contribution is -2.22. The highest BCUT2D eigenvalue weighted by atomic mass is 35.5. The van der Waals surface area contributed by atoms with Crippen LogP contribution in [0.25, 0.3) is 0 Å². The molecule has 1 N–H and O–H groups in total. The van der Waals surface area contributed by atoms with Crippen LogP contribution in [0.15, 0.2) is 30.6 Å². The van der Waals surface area contributed by atoms with Crippen molar-refractivity contribution in [2.75, 3.05) is 13.1 Å². The van der Waals surface area contributed by atoms with E-state index in [9.17, 15) is 13.2 Å². The van der Waals surface area contributed by atoms with Crippen LogP contribution >= 0.6 is 11.6 Å². The van der Waals surface area contributed by atoms with Crippen LogP contribution in [0.5, 0.6) is 5.75 Å². The molecule has 1 aliphatic heterocycles. The molecule has 0 radical (unpaired) electrons. The van der Waals surface area contributed by atoms with Crippen LogP contribution in [0.4, 0.5) is 13.2 Å². The van der Waals surface area contributed by atoms with Gasteiger partial charge >= 0.3 is 0 Å². The maximum Gasteiger partial charge on any atom is 0.177 e. The van der Waals surface area contributed by atoms with Crippen molar-refractivity contribution in [3.8, 4) is 5.75 Å². The summed E-state index contributed by atoms with van der Waals surface area (Å²) in [6.07, 6.45) is 2.61. The van der Waals surface area contributed by atoms with Crippen molar-refractivity contribution >= 4 is 11.6 Å². The summed E-state index contributed by atoms with van der Waals surface area (Å²) in [4.78, 5) is 3.80. The molecule has 7 heteroatoms. The van der Waals surface area contributed by atoms with Crippen LogP contribution in [-0.4, -0.2) is 18.1 Å². The summed E-state index contributed by atoms with van der Waals surface area (Å²) in [5.74, 6) is -2.46. The van der Waals surface area contributed by atoms with Gasteiger partial charge in [0, 0.05) is 24.2 Å². The van der Waals surface area contributed by atoms with Crippen LogP contribution in [0, 0.1) is 23.4 Å². The van der Waals surface area contributed by atoms with E-state index < -0.39 is 28.6 Å². The van der Waals surface area contributed by atoms with Gasteiger partial charge in [-0.25, -0.2) is 13.2 Å². The smallest absolute Gasteiger partial charge is 0.177 e. The molecule has 122 valence electrons. The van der Waals surface area contributed by atoms with E-state index in [-0.39, 0.29) is 11.7 Å². The molecule has 1 aromatic heterocycles. The van der Waals surface area contributed by atoms with Gasteiger partial charge in [0.25, 0.3) is 0 Å². The fourth-order valence-corrected chi connectivity index (χ4v) is 2.90. The average molecular weight is 343 g/mol. The van der Waals surface area contributed by atoms with E-state index in [1.165, 1.54) is 12.3 Å². The zero-order valence-corrected chi connectivity index (χ0v) is 12.8. The molecular formula is C16H14ClF3N2O. The Kier molecular flexibility index (Phi) is 4.73. The first-order chi connectivity index (χ1) is 11.1. The maximum atomic E-state index is 14.0. The minimum absolute atomic E-state index is 0.0302. The van der Waals surface area contributed by atoms with Crippen molar-refractivity contribution < 1.29 is 17.9 Å². The molecule has 3 rings (SSSR count). The van der Waals surface area contributed by atoms with E-state index in [1.807, 2.05) is 0 Å². The Morgan fingerprint density at radius 1 is 1.22 bits per heavy atom. The minimum Gasteiger partial charge on any atom is -0.481 e. The van der Waals surface area contributed by atoms with Gasteiger partial charge in [-0.15, -0.1) is 0 Å². The van der Waals surface area contributed by atoms with Gasteiger partial charge in [-0.3, -0.25) is 4.98 Å². The third kappa shape index (κ3) is 3.43. The molecule has 2 atom stereocenters. The third-order valence-corrected chi connectivity index (χ3v) is 4.18. The quantitative estimate of drug-likeness (QED) is 0.856. The summed E-state index contributed by atoms with van der Waals surface area (Å²) in [6.45, 7) is 1.39. The normalized spacial score (nSPS) is 18.9. The van der Waals surface area contributed by atoms with Crippen molar-refractivity contribution in [2.24, 2.45) is 5.92 Å². The second-order valence-electron chi connectivity index (χ2n) is 5.40. The van der Waals surface area contributed by atoms with Gasteiger partial charge < -0.3 is 10.1 Å². The van der Waals surface area contributed by atoms with E-state index in [0.29, 0.717) is 12.1 Å². The number of hydrogen-bond acceptors (Lipinski definition) is 3. The summed E-state index contributed by atoms with van der Waals surface area (Å²) in [6, 6.07) is 3.16. The Labute approximate surface area is 136 Å². The second kappa shape index (κ2) is 6.76. The van der Waals surface area contributed by atoms with Crippen molar-refractivity contribution in [2.45, 2.75) is 12.5 Å². The lowest BCUT2D eigenvalue weighted by Gasteiger charge is -2.25. The predicted molar refractivity (Wildman–Crippen MR) is 79.9 cm³/mol. The molecule has 23 heavy (non-hydrogen) atoms. The Hall–Kier alpha value is -1.79. The van der Waals surface area contributed by atoms with Gasteiger partial charge in [0.2, 0.25) is 0 Å². The zero-order valence-electron chi connectivity index (χ0n) is 12.0. The highest BCUT2D eigenvalue weighted by Gasteiger charge is 2.30. The summed E-state index contributed by atoms with van der Waals surface area (Å²) < 4.78 is 46.8.